The van der Waals surface area contributed by atoms with Crippen molar-refractivity contribution in [1.82, 2.24) is 0 Å². The quantitative estimate of drug-likeness (QED) is 0.0932. The van der Waals surface area contributed by atoms with Gasteiger partial charge in [0, 0.05) is 6.42 Å². The van der Waals surface area contributed by atoms with E-state index in [0.29, 0.717) is 6.42 Å². The van der Waals surface area contributed by atoms with Crippen molar-refractivity contribution in [1.29, 1.82) is 0 Å². The van der Waals surface area contributed by atoms with Gasteiger partial charge in [0.05, 0.1) is 42.4 Å². The van der Waals surface area contributed by atoms with Crippen molar-refractivity contribution < 1.29 is 97.1 Å². The third-order valence-electron chi connectivity index (χ3n) is 13.5. The lowest BCUT2D eigenvalue weighted by molar-refractivity contribution is -0.383. The summed E-state index contributed by atoms with van der Waals surface area (Å²) in [5.74, 6) is -3.16. The van der Waals surface area contributed by atoms with E-state index in [0.717, 1.165) is 70.6 Å². The molecule has 6 N–H and O–H groups in total. The van der Waals surface area contributed by atoms with Crippen LogP contribution < -0.4 is 0 Å². The average Bonchev–Trinajstić information content (AvgIpc) is 3.28. The van der Waals surface area contributed by atoms with Gasteiger partial charge in [0.2, 0.25) is 0 Å². The van der Waals surface area contributed by atoms with Gasteiger partial charge in [0.25, 0.3) is 0 Å². The van der Waals surface area contributed by atoms with Gasteiger partial charge in [-0.05, 0) is 47.0 Å². The maximum Gasteiger partial charge on any atom is 0.308 e. The van der Waals surface area contributed by atoms with Crippen LogP contribution in [0.2, 0.25) is 0 Å². The number of aliphatic hydroxyl groups is 6. The van der Waals surface area contributed by atoms with E-state index in [1.807, 2.05) is 0 Å². The summed E-state index contributed by atoms with van der Waals surface area (Å²) in [6, 6.07) is 0. The van der Waals surface area contributed by atoms with E-state index in [2.05, 4.69) is 6.92 Å². The molecule has 0 saturated carbocycles. The van der Waals surface area contributed by atoms with Crippen molar-refractivity contribution in [2.45, 2.75) is 275 Å². The Morgan fingerprint density at radius 2 is 1.07 bits per heavy atom. The molecule has 68 heavy (non-hydrogen) atoms. The largest absolute Gasteiger partial charge is 0.457 e. The minimum Gasteiger partial charge on any atom is -0.457 e. The molecule has 0 unspecified atom stereocenters. The van der Waals surface area contributed by atoms with Crippen molar-refractivity contribution in [2.24, 2.45) is 11.8 Å². The van der Waals surface area contributed by atoms with Crippen molar-refractivity contribution in [3.8, 4) is 0 Å². The summed E-state index contributed by atoms with van der Waals surface area (Å²) >= 11 is 0. The molecule has 6 aliphatic heterocycles. The number of carbonyl (C=O) groups is 3. The fourth-order valence-electron chi connectivity index (χ4n) is 9.27. The standard InChI is InChI=1S/C48H82O20/c1-10-11-17-20-29-21-18-15-13-12-14-16-19-22-30(49)63-41-35(54)47(66-38-26(7)58-45(62-29)33(52)32(38)51)60-27(8)39(41)68-48-36(55)42(65-44(57)24(4)5)40(28(9)61-48)67-46-34(53)31(50)37(25(6)59-46)64-43(56)23(2)3/h23-29,31-42,45-48,50-55H,10-22H2,1-9H3/t25-,26-,27-,28-,29-,31-,32-,33+,34+,35+,36+,37-,38-,39-,40-,41-,42-,45-,46-,47-,48-/m0/s1. The van der Waals surface area contributed by atoms with Gasteiger partial charge in [-0.1, -0.05) is 92.4 Å². The highest BCUT2D eigenvalue weighted by Crippen LogP contribution is 2.37. The molecule has 20 heteroatoms. The highest BCUT2D eigenvalue weighted by atomic mass is 16.8. The number of rotatable bonds is 12. The topological polar surface area (TPSA) is 274 Å². The van der Waals surface area contributed by atoms with Crippen LogP contribution in [0, 0.1) is 11.8 Å². The van der Waals surface area contributed by atoms with Gasteiger partial charge in [0.15, 0.2) is 43.5 Å². The van der Waals surface area contributed by atoms with Crippen LogP contribution in [0.15, 0.2) is 0 Å². The highest BCUT2D eigenvalue weighted by Gasteiger charge is 2.56. The zero-order valence-corrected chi connectivity index (χ0v) is 41.4. The van der Waals surface area contributed by atoms with Gasteiger partial charge in [-0.3, -0.25) is 14.4 Å². The maximum atomic E-state index is 13.5. The Kier molecular flexibility index (Phi) is 22.1. The number of unbranched alkanes of at least 4 members (excludes halogenated alkanes) is 2. The molecule has 0 aromatic carbocycles. The molecule has 4 bridgehead atoms. The lowest BCUT2D eigenvalue weighted by Gasteiger charge is -2.49. The predicted octanol–water partition coefficient (Wildman–Crippen LogP) is 2.82. The molecule has 0 spiro atoms. The van der Waals surface area contributed by atoms with Crippen molar-refractivity contribution in [2.75, 3.05) is 0 Å². The molecule has 394 valence electrons. The zero-order chi connectivity index (χ0) is 50.0. The Hall–Kier alpha value is -2.15. The first kappa shape index (κ1) is 56.8. The fourth-order valence-corrected chi connectivity index (χ4v) is 9.27. The van der Waals surface area contributed by atoms with Crippen LogP contribution in [-0.2, 0) is 66.5 Å². The minimum absolute atomic E-state index is 0.0302. The molecule has 6 fully saturated rings. The Balaban J connectivity index is 1.36. The van der Waals surface area contributed by atoms with Crippen molar-refractivity contribution >= 4 is 17.9 Å². The van der Waals surface area contributed by atoms with Crippen LogP contribution in [-0.4, -0.2) is 177 Å². The lowest BCUT2D eigenvalue weighted by Crippen LogP contribution is -2.67. The molecule has 6 heterocycles. The van der Waals surface area contributed by atoms with Gasteiger partial charge in [-0.15, -0.1) is 0 Å². The number of carbonyl (C=O) groups excluding carboxylic acids is 3. The summed E-state index contributed by atoms with van der Waals surface area (Å²) in [6.45, 7) is 14.8. The number of esters is 3. The average molecular weight is 979 g/mol. The van der Waals surface area contributed by atoms with E-state index < -0.39 is 153 Å². The molecule has 0 amide bonds. The van der Waals surface area contributed by atoms with Crippen LogP contribution in [0.4, 0.5) is 0 Å². The molecular formula is C48H82O20. The second-order valence-electron chi connectivity index (χ2n) is 19.9. The van der Waals surface area contributed by atoms with E-state index in [-0.39, 0.29) is 12.5 Å². The van der Waals surface area contributed by atoms with E-state index >= 15 is 0 Å². The molecule has 0 radical (unpaired) electrons. The smallest absolute Gasteiger partial charge is 0.308 e. The van der Waals surface area contributed by atoms with E-state index in [1.165, 1.54) is 13.8 Å². The predicted molar refractivity (Wildman–Crippen MR) is 238 cm³/mol. The van der Waals surface area contributed by atoms with E-state index in [1.54, 1.807) is 41.5 Å². The number of aliphatic hydroxyl groups excluding tert-OH is 6. The van der Waals surface area contributed by atoms with E-state index in [9.17, 15) is 45.0 Å². The Labute approximate surface area is 400 Å². The maximum absolute atomic E-state index is 13.5. The summed E-state index contributed by atoms with van der Waals surface area (Å²) in [6.07, 6.45) is -17.5. The van der Waals surface area contributed by atoms with Crippen molar-refractivity contribution in [3.63, 3.8) is 0 Å². The fraction of sp³-hybridized carbons (Fsp3) is 0.938. The van der Waals surface area contributed by atoms with Gasteiger partial charge in [0.1, 0.15) is 54.9 Å². The van der Waals surface area contributed by atoms with Gasteiger partial charge in [-0.25, -0.2) is 0 Å². The summed E-state index contributed by atoms with van der Waals surface area (Å²) < 4.78 is 66.6. The second kappa shape index (κ2) is 26.5. The molecular weight excluding hydrogens is 897 g/mol. The summed E-state index contributed by atoms with van der Waals surface area (Å²) in [5, 5.41) is 68.9. The number of fused-ring (bicyclic) bond motifs is 14. The molecule has 21 atom stereocenters. The molecule has 0 aromatic heterocycles. The first-order valence-corrected chi connectivity index (χ1v) is 25.2. The molecule has 6 aliphatic rings. The molecule has 20 nitrogen and oxygen atoms in total. The number of ether oxygens (including phenoxy) is 11. The summed E-state index contributed by atoms with van der Waals surface area (Å²) in [7, 11) is 0. The van der Waals surface area contributed by atoms with E-state index in [4.69, 9.17) is 52.1 Å². The Morgan fingerprint density at radius 1 is 0.544 bits per heavy atom. The Bertz CT molecular complexity index is 1550. The van der Waals surface area contributed by atoms with Crippen LogP contribution >= 0.6 is 0 Å². The minimum atomic E-state index is -1.81. The number of hydrogen-bond donors (Lipinski definition) is 6. The number of hydrogen-bond acceptors (Lipinski definition) is 20. The van der Waals surface area contributed by atoms with Crippen molar-refractivity contribution in [3.05, 3.63) is 0 Å². The van der Waals surface area contributed by atoms with Crippen LogP contribution in [0.1, 0.15) is 146 Å². The monoisotopic (exact) mass is 979 g/mol. The molecule has 6 saturated heterocycles. The van der Waals surface area contributed by atoms with Gasteiger partial charge in [-0.2, -0.15) is 0 Å². The zero-order valence-electron chi connectivity index (χ0n) is 41.4. The van der Waals surface area contributed by atoms with Crippen LogP contribution in [0.3, 0.4) is 0 Å². The third-order valence-corrected chi connectivity index (χ3v) is 13.5. The normalized spacial score (nSPS) is 42.8. The summed E-state index contributed by atoms with van der Waals surface area (Å²) in [5.41, 5.74) is 0. The van der Waals surface area contributed by atoms with Crippen LogP contribution in [0.25, 0.3) is 0 Å². The first-order valence-electron chi connectivity index (χ1n) is 25.2. The first-order chi connectivity index (χ1) is 32.2. The highest BCUT2D eigenvalue weighted by molar-refractivity contribution is 5.72. The lowest BCUT2D eigenvalue weighted by atomic mass is 9.95. The van der Waals surface area contributed by atoms with Gasteiger partial charge >= 0.3 is 17.9 Å². The van der Waals surface area contributed by atoms with Gasteiger partial charge < -0.3 is 82.7 Å². The SMILES string of the molecule is CCCCC[C@H]1CCCCCCCCCC(=O)O[C@H]2[C@@H](O)[C@H](O[C@@H]3[C@@H](O)[C@@H](O)[C@H](O1)O[C@H]3C)O[C@@H](C)[C@@H]2O[C@@H]1O[C@@H](C)[C@H](O[C@@H]2O[C@@H](C)[C@H](OC(=O)C(C)C)[C@@H](O)[C@H]2O)[C@@H](OC(=O)C(C)C)[C@H]1O. The second-order valence-corrected chi connectivity index (χ2v) is 19.9. The molecule has 0 aliphatic carbocycles. The third kappa shape index (κ3) is 14.7. The van der Waals surface area contributed by atoms with Crippen LogP contribution in [0.5, 0.6) is 0 Å². The molecule has 0 aromatic rings. The molecule has 6 rings (SSSR count). The Morgan fingerprint density at radius 3 is 1.71 bits per heavy atom. The summed E-state index contributed by atoms with van der Waals surface area (Å²) in [4.78, 5) is 39.1.